The van der Waals surface area contributed by atoms with Gasteiger partial charge in [0.2, 0.25) is 0 Å². The Labute approximate surface area is 227 Å². The molecule has 2 heterocycles. The van der Waals surface area contributed by atoms with E-state index in [1.54, 1.807) is 12.1 Å². The highest BCUT2D eigenvalue weighted by atomic mass is 35.5. The lowest BCUT2D eigenvalue weighted by atomic mass is 10.2. The van der Waals surface area contributed by atoms with Crippen LogP contribution in [0.5, 0.6) is 0 Å². The number of benzene rings is 1. The Hall–Kier alpha value is -2.38. The third kappa shape index (κ3) is 10.3. The van der Waals surface area contributed by atoms with Gasteiger partial charge in [-0.15, -0.1) is 22.7 Å². The molecule has 1 atom stereocenters. The van der Waals surface area contributed by atoms with Crippen LogP contribution in [0.25, 0.3) is 0 Å². The van der Waals surface area contributed by atoms with Crippen LogP contribution in [-0.2, 0) is 16.1 Å². The topological polar surface area (TPSA) is 124 Å². The van der Waals surface area contributed by atoms with E-state index in [2.05, 4.69) is 26.8 Å². The van der Waals surface area contributed by atoms with Crippen molar-refractivity contribution in [2.24, 2.45) is 0 Å². The number of aliphatic hydroxyl groups is 1. The number of nitrogens with one attached hydrogen (secondary N) is 5. The molecular weight excluding hydrogens is 545 g/mol. The van der Waals surface area contributed by atoms with Gasteiger partial charge in [-0.2, -0.15) is 0 Å². The maximum absolute atomic E-state index is 12.0. The first-order valence-corrected chi connectivity index (χ1v) is 13.4. The number of halogens is 2. The van der Waals surface area contributed by atoms with Crippen molar-refractivity contribution in [2.75, 3.05) is 43.5 Å². The number of hydrogen-bond donors (Lipinski definition) is 6. The average molecular weight is 573 g/mol. The lowest BCUT2D eigenvalue weighted by molar-refractivity contribution is -0.126. The van der Waals surface area contributed by atoms with E-state index >= 15 is 0 Å². The van der Waals surface area contributed by atoms with Gasteiger partial charge in [0.15, 0.2) is 0 Å². The molecular formula is C23H27Cl2N5O4S2. The van der Waals surface area contributed by atoms with Crippen molar-refractivity contribution in [3.05, 3.63) is 67.0 Å². The van der Waals surface area contributed by atoms with E-state index < -0.39 is 6.10 Å². The number of hydrazine groups is 1. The zero-order valence-electron chi connectivity index (χ0n) is 19.2. The number of carbonyl (C=O) groups is 2. The Morgan fingerprint density at radius 3 is 2.28 bits per heavy atom. The van der Waals surface area contributed by atoms with Gasteiger partial charge in [-0.3, -0.25) is 15.0 Å². The standard InChI is InChI=1S/C23H27Cl2N5O4S2/c24-20-7-5-18(35-20)13-29-30-22(32)14-34-10-9-26-15-1-3-16(4-2-15)27-11-17(31)12-28-23(33)19-6-8-21(25)36-19/h1-8,17,26-27,29,31H,9-14H2,(H,28,33)(H,30,32)/t17-/m1/s1. The first-order chi connectivity index (χ1) is 17.4. The number of carbonyl (C=O) groups excluding carboxylic acids is 2. The van der Waals surface area contributed by atoms with Gasteiger partial charge in [-0.05, 0) is 48.5 Å². The molecule has 9 nitrogen and oxygen atoms in total. The second-order valence-electron chi connectivity index (χ2n) is 7.51. The summed E-state index contributed by atoms with van der Waals surface area (Å²) in [5.74, 6) is -0.520. The lowest BCUT2D eigenvalue weighted by Gasteiger charge is -2.14. The molecule has 0 unspecified atom stereocenters. The van der Waals surface area contributed by atoms with E-state index in [1.807, 2.05) is 36.4 Å². The fourth-order valence-corrected chi connectivity index (χ4v) is 4.88. The third-order valence-electron chi connectivity index (χ3n) is 4.65. The van der Waals surface area contributed by atoms with Gasteiger partial charge in [-0.25, -0.2) is 5.43 Å². The molecule has 0 spiro atoms. The monoisotopic (exact) mass is 571 g/mol. The van der Waals surface area contributed by atoms with Gasteiger partial charge in [0.05, 0.1) is 26.3 Å². The predicted molar refractivity (Wildman–Crippen MR) is 146 cm³/mol. The Morgan fingerprint density at radius 1 is 0.917 bits per heavy atom. The predicted octanol–water partition coefficient (Wildman–Crippen LogP) is 3.57. The molecule has 6 N–H and O–H groups in total. The largest absolute Gasteiger partial charge is 0.389 e. The number of ether oxygens (including phenoxy) is 1. The van der Waals surface area contributed by atoms with Crippen molar-refractivity contribution in [3.63, 3.8) is 0 Å². The van der Waals surface area contributed by atoms with Crippen molar-refractivity contribution in [1.29, 1.82) is 0 Å². The number of amides is 2. The van der Waals surface area contributed by atoms with Gasteiger partial charge in [0.1, 0.15) is 6.61 Å². The molecule has 0 aliphatic rings. The molecule has 0 radical (unpaired) electrons. The van der Waals surface area contributed by atoms with E-state index in [0.29, 0.717) is 33.2 Å². The SMILES string of the molecule is O=C(COCCNc1ccc(NC[C@@H](O)CNC(=O)c2ccc(Cl)s2)cc1)NNCc1ccc(Cl)s1. The first kappa shape index (κ1) is 28.2. The molecule has 0 saturated carbocycles. The van der Waals surface area contributed by atoms with Gasteiger partial charge in [0, 0.05) is 42.4 Å². The highest BCUT2D eigenvalue weighted by Crippen LogP contribution is 2.21. The van der Waals surface area contributed by atoms with E-state index in [4.69, 9.17) is 27.9 Å². The molecule has 0 aliphatic heterocycles. The minimum Gasteiger partial charge on any atom is -0.389 e. The first-order valence-electron chi connectivity index (χ1n) is 11.0. The average Bonchev–Trinajstić information content (AvgIpc) is 3.49. The fourth-order valence-electron chi connectivity index (χ4n) is 2.89. The molecule has 0 bridgehead atoms. The molecule has 0 saturated heterocycles. The minimum atomic E-state index is -0.749. The number of anilines is 2. The molecule has 1 aromatic carbocycles. The minimum absolute atomic E-state index is 0.0490. The number of hydrogen-bond acceptors (Lipinski definition) is 9. The highest BCUT2D eigenvalue weighted by Gasteiger charge is 2.11. The maximum atomic E-state index is 12.0. The number of aliphatic hydroxyl groups excluding tert-OH is 1. The van der Waals surface area contributed by atoms with Crippen LogP contribution >= 0.6 is 45.9 Å². The normalized spacial score (nSPS) is 11.6. The van der Waals surface area contributed by atoms with Gasteiger partial charge in [-0.1, -0.05) is 23.2 Å². The second kappa shape index (κ2) is 15.0. The molecule has 2 aromatic heterocycles. The molecule has 2 amide bonds. The molecule has 0 fully saturated rings. The van der Waals surface area contributed by atoms with Crippen molar-refractivity contribution >= 4 is 69.1 Å². The summed E-state index contributed by atoms with van der Waals surface area (Å²) in [6, 6.07) is 14.6. The van der Waals surface area contributed by atoms with E-state index in [9.17, 15) is 14.7 Å². The third-order valence-corrected chi connectivity index (χ3v) is 7.11. The second-order valence-corrected chi connectivity index (χ2v) is 11.0. The summed E-state index contributed by atoms with van der Waals surface area (Å²) >= 11 is 14.3. The zero-order valence-corrected chi connectivity index (χ0v) is 22.3. The lowest BCUT2D eigenvalue weighted by Crippen LogP contribution is -2.39. The van der Waals surface area contributed by atoms with Crippen molar-refractivity contribution < 1.29 is 19.4 Å². The number of rotatable bonds is 15. The van der Waals surface area contributed by atoms with Crippen LogP contribution in [0.2, 0.25) is 8.67 Å². The van der Waals surface area contributed by atoms with Crippen molar-refractivity contribution in [1.82, 2.24) is 16.2 Å². The van der Waals surface area contributed by atoms with Crippen LogP contribution in [0.3, 0.4) is 0 Å². The summed E-state index contributed by atoms with van der Waals surface area (Å²) < 4.78 is 6.62. The Kier molecular flexibility index (Phi) is 11.8. The summed E-state index contributed by atoms with van der Waals surface area (Å²) in [6.07, 6.45) is -0.749. The summed E-state index contributed by atoms with van der Waals surface area (Å²) in [7, 11) is 0. The Balaban J connectivity index is 1.22. The summed E-state index contributed by atoms with van der Waals surface area (Å²) in [5, 5.41) is 19.1. The molecule has 194 valence electrons. The van der Waals surface area contributed by atoms with E-state index in [0.717, 1.165) is 16.3 Å². The quantitative estimate of drug-likeness (QED) is 0.122. The van der Waals surface area contributed by atoms with Crippen LogP contribution in [0.4, 0.5) is 11.4 Å². The van der Waals surface area contributed by atoms with Gasteiger partial charge in [0.25, 0.3) is 11.8 Å². The fraction of sp³-hybridized carbons (Fsp3) is 0.304. The van der Waals surface area contributed by atoms with Gasteiger partial charge >= 0.3 is 0 Å². The van der Waals surface area contributed by atoms with Crippen LogP contribution in [0.15, 0.2) is 48.5 Å². The summed E-state index contributed by atoms with van der Waals surface area (Å²) in [4.78, 5) is 25.3. The van der Waals surface area contributed by atoms with Crippen LogP contribution in [-0.4, -0.2) is 55.9 Å². The van der Waals surface area contributed by atoms with Crippen LogP contribution < -0.4 is 26.8 Å². The highest BCUT2D eigenvalue weighted by molar-refractivity contribution is 7.18. The molecule has 13 heteroatoms. The van der Waals surface area contributed by atoms with E-state index in [-0.39, 0.29) is 31.5 Å². The Bertz CT molecular complexity index is 1110. The van der Waals surface area contributed by atoms with Crippen molar-refractivity contribution in [3.8, 4) is 0 Å². The molecule has 3 rings (SSSR count). The van der Waals surface area contributed by atoms with Crippen LogP contribution in [0.1, 0.15) is 14.5 Å². The summed E-state index contributed by atoms with van der Waals surface area (Å²) in [6.45, 7) is 1.75. The molecule has 36 heavy (non-hydrogen) atoms. The van der Waals surface area contributed by atoms with Crippen LogP contribution in [0, 0.1) is 0 Å². The maximum Gasteiger partial charge on any atom is 0.261 e. The van der Waals surface area contributed by atoms with E-state index in [1.165, 1.54) is 22.7 Å². The smallest absolute Gasteiger partial charge is 0.261 e. The molecule has 3 aromatic rings. The Morgan fingerprint density at radius 2 is 1.61 bits per heavy atom. The summed E-state index contributed by atoms with van der Waals surface area (Å²) in [5.41, 5.74) is 7.14. The zero-order chi connectivity index (χ0) is 25.8. The number of thiophene rings is 2. The molecule has 0 aliphatic carbocycles. The van der Waals surface area contributed by atoms with Crippen molar-refractivity contribution in [2.45, 2.75) is 12.6 Å². The van der Waals surface area contributed by atoms with Gasteiger partial charge < -0.3 is 25.8 Å².